The molecule has 0 radical (unpaired) electrons. The molecule has 10 aromatic carbocycles. The fourth-order valence-corrected chi connectivity index (χ4v) is 8.47. The third kappa shape index (κ3) is 4.31. The summed E-state index contributed by atoms with van der Waals surface area (Å²) in [6, 6.07) is 61.4. The van der Waals surface area contributed by atoms with Crippen LogP contribution in [-0.2, 0) is 5.41 Å². The predicted molar refractivity (Wildman–Crippen MR) is 219 cm³/mol. The van der Waals surface area contributed by atoms with E-state index in [0.717, 1.165) is 0 Å². The average Bonchev–Trinajstić information content (AvgIpc) is 3.16. The molecule has 0 fully saturated rings. The standard InChI is InChI=1S/C50H36/c1-50(2,3)33-24-25-42-45(28-33)49-30-46(43-26-31-14-4-6-16-34(31)36-18-8-10-20-38(36)43)40-22-12-13-23-41(40)47(49)29-48(42)44-27-32-15-5-7-17-35(32)37-19-9-11-21-39(37)44/h4-30H,1-3H3. The van der Waals surface area contributed by atoms with Gasteiger partial charge >= 0.3 is 0 Å². The van der Waals surface area contributed by atoms with E-state index in [-0.39, 0.29) is 5.41 Å². The van der Waals surface area contributed by atoms with Crippen molar-refractivity contribution in [1.82, 2.24) is 0 Å². The molecule has 0 atom stereocenters. The van der Waals surface area contributed by atoms with E-state index in [1.807, 2.05) is 0 Å². The second-order valence-electron chi connectivity index (χ2n) is 14.9. The number of hydrogen-bond acceptors (Lipinski definition) is 0. The SMILES string of the molecule is CC(C)(C)c1ccc2c(-c3cc4ccccc4c4ccccc34)cc3c4ccccc4c(-c4cc5ccccc5c5ccccc45)cc3c2c1. The molecule has 10 aromatic rings. The van der Waals surface area contributed by atoms with E-state index in [2.05, 4.69) is 185 Å². The van der Waals surface area contributed by atoms with E-state index in [0.29, 0.717) is 0 Å². The van der Waals surface area contributed by atoms with Gasteiger partial charge in [0.2, 0.25) is 0 Å². The highest BCUT2D eigenvalue weighted by atomic mass is 14.2. The summed E-state index contributed by atoms with van der Waals surface area (Å²) >= 11 is 0. The van der Waals surface area contributed by atoms with E-state index in [4.69, 9.17) is 0 Å². The van der Waals surface area contributed by atoms with Gasteiger partial charge in [0.05, 0.1) is 0 Å². The van der Waals surface area contributed by atoms with Crippen LogP contribution in [-0.4, -0.2) is 0 Å². The molecule has 0 aliphatic rings. The number of fused-ring (bicyclic) bond motifs is 11. The minimum absolute atomic E-state index is 0.0143. The molecule has 0 aromatic heterocycles. The van der Waals surface area contributed by atoms with Crippen molar-refractivity contribution in [3.8, 4) is 22.3 Å². The van der Waals surface area contributed by atoms with Gasteiger partial charge in [0.1, 0.15) is 0 Å². The zero-order chi connectivity index (χ0) is 33.6. The molecular formula is C50H36. The molecule has 236 valence electrons. The maximum absolute atomic E-state index is 2.49. The maximum Gasteiger partial charge on any atom is -0.00922 e. The van der Waals surface area contributed by atoms with Crippen LogP contribution < -0.4 is 0 Å². The van der Waals surface area contributed by atoms with Crippen LogP contribution >= 0.6 is 0 Å². The van der Waals surface area contributed by atoms with Crippen molar-refractivity contribution < 1.29 is 0 Å². The summed E-state index contributed by atoms with van der Waals surface area (Å²) in [7, 11) is 0. The van der Waals surface area contributed by atoms with Crippen LogP contribution in [0.1, 0.15) is 26.3 Å². The first-order valence-corrected chi connectivity index (χ1v) is 17.7. The minimum Gasteiger partial charge on any atom is -0.0616 e. The van der Waals surface area contributed by atoms with Gasteiger partial charge < -0.3 is 0 Å². The molecule has 0 N–H and O–H groups in total. The Balaban J connectivity index is 1.39. The van der Waals surface area contributed by atoms with Crippen LogP contribution in [0.5, 0.6) is 0 Å². The zero-order valence-corrected chi connectivity index (χ0v) is 28.6. The molecule has 0 heteroatoms. The third-order valence-electron chi connectivity index (χ3n) is 11.0. The molecule has 0 amide bonds. The highest BCUT2D eigenvalue weighted by molar-refractivity contribution is 6.27. The molecule has 0 aliphatic heterocycles. The van der Waals surface area contributed by atoms with Crippen molar-refractivity contribution in [3.05, 3.63) is 169 Å². The van der Waals surface area contributed by atoms with Gasteiger partial charge in [-0.3, -0.25) is 0 Å². The lowest BCUT2D eigenvalue weighted by molar-refractivity contribution is 0.591. The molecule has 0 saturated heterocycles. The van der Waals surface area contributed by atoms with E-state index in [1.165, 1.54) is 103 Å². The highest BCUT2D eigenvalue weighted by Gasteiger charge is 2.21. The van der Waals surface area contributed by atoms with Crippen LogP contribution in [0.25, 0.3) is 97.7 Å². The summed E-state index contributed by atoms with van der Waals surface area (Å²) < 4.78 is 0. The highest BCUT2D eigenvalue weighted by Crippen LogP contribution is 2.46. The van der Waals surface area contributed by atoms with Gasteiger partial charge in [0, 0.05) is 0 Å². The van der Waals surface area contributed by atoms with Gasteiger partial charge in [-0.1, -0.05) is 154 Å². The van der Waals surface area contributed by atoms with E-state index < -0.39 is 0 Å². The molecule has 0 heterocycles. The topological polar surface area (TPSA) is 0 Å². The average molecular weight is 637 g/mol. The van der Waals surface area contributed by atoms with Gasteiger partial charge in [-0.15, -0.1) is 0 Å². The van der Waals surface area contributed by atoms with Crippen molar-refractivity contribution in [2.75, 3.05) is 0 Å². The quantitative estimate of drug-likeness (QED) is 0.166. The molecule has 50 heavy (non-hydrogen) atoms. The summed E-state index contributed by atoms with van der Waals surface area (Å²) in [5.74, 6) is 0. The van der Waals surface area contributed by atoms with E-state index in [1.54, 1.807) is 0 Å². The van der Waals surface area contributed by atoms with Crippen molar-refractivity contribution in [1.29, 1.82) is 0 Å². The Kier molecular flexibility index (Phi) is 6.24. The normalized spacial score (nSPS) is 12.3. The fourth-order valence-electron chi connectivity index (χ4n) is 8.47. The molecular weight excluding hydrogens is 601 g/mol. The van der Waals surface area contributed by atoms with Gasteiger partial charge in [-0.05, 0) is 139 Å². The molecule has 10 rings (SSSR count). The van der Waals surface area contributed by atoms with Crippen molar-refractivity contribution in [2.45, 2.75) is 26.2 Å². The largest absolute Gasteiger partial charge is 0.0616 e. The van der Waals surface area contributed by atoms with Gasteiger partial charge in [-0.2, -0.15) is 0 Å². The Bertz CT molecular complexity index is 3010. The summed E-state index contributed by atoms with van der Waals surface area (Å²) in [5.41, 5.74) is 6.48. The van der Waals surface area contributed by atoms with Crippen LogP contribution in [0.4, 0.5) is 0 Å². The van der Waals surface area contributed by atoms with Crippen molar-refractivity contribution in [3.63, 3.8) is 0 Å². The van der Waals surface area contributed by atoms with E-state index in [9.17, 15) is 0 Å². The van der Waals surface area contributed by atoms with Crippen molar-refractivity contribution in [2.24, 2.45) is 0 Å². The lowest BCUT2D eigenvalue weighted by Gasteiger charge is -2.22. The second-order valence-corrected chi connectivity index (χ2v) is 14.9. The summed E-state index contributed by atoms with van der Waals surface area (Å²) in [6.07, 6.45) is 0. The van der Waals surface area contributed by atoms with Crippen molar-refractivity contribution >= 4 is 75.4 Å². The minimum atomic E-state index is 0.0143. The monoisotopic (exact) mass is 636 g/mol. The maximum atomic E-state index is 2.49. The Labute approximate surface area is 292 Å². The first kappa shape index (κ1) is 29.0. The van der Waals surface area contributed by atoms with Gasteiger partial charge in [0.25, 0.3) is 0 Å². The lowest BCUT2D eigenvalue weighted by Crippen LogP contribution is -2.10. The molecule has 0 saturated carbocycles. The van der Waals surface area contributed by atoms with Crippen LogP contribution in [0.3, 0.4) is 0 Å². The van der Waals surface area contributed by atoms with Gasteiger partial charge in [-0.25, -0.2) is 0 Å². The Hall–Kier alpha value is -5.98. The number of rotatable bonds is 2. The first-order valence-electron chi connectivity index (χ1n) is 17.7. The Morgan fingerprint density at radius 3 is 1.04 bits per heavy atom. The second kappa shape index (κ2) is 10.8. The lowest BCUT2D eigenvalue weighted by atomic mass is 9.81. The van der Waals surface area contributed by atoms with E-state index >= 15 is 0 Å². The first-order chi connectivity index (χ1) is 24.4. The fraction of sp³-hybridized carbons (Fsp3) is 0.0800. The molecule has 0 nitrogen and oxygen atoms in total. The molecule has 0 aliphatic carbocycles. The van der Waals surface area contributed by atoms with Crippen LogP contribution in [0, 0.1) is 0 Å². The summed E-state index contributed by atoms with van der Waals surface area (Å²) in [4.78, 5) is 0. The Morgan fingerprint density at radius 1 is 0.260 bits per heavy atom. The van der Waals surface area contributed by atoms with Gasteiger partial charge in [0.15, 0.2) is 0 Å². The van der Waals surface area contributed by atoms with Crippen LogP contribution in [0.2, 0.25) is 0 Å². The molecule has 0 bridgehead atoms. The molecule has 0 unspecified atom stereocenters. The third-order valence-corrected chi connectivity index (χ3v) is 11.0. The molecule has 0 spiro atoms. The predicted octanol–water partition coefficient (Wildman–Crippen LogP) is 14.4. The Morgan fingerprint density at radius 2 is 0.580 bits per heavy atom. The zero-order valence-electron chi connectivity index (χ0n) is 28.6. The van der Waals surface area contributed by atoms with Crippen LogP contribution in [0.15, 0.2) is 164 Å². The smallest absolute Gasteiger partial charge is 0.00922 e. The number of hydrogen-bond donors (Lipinski definition) is 0. The summed E-state index contributed by atoms with van der Waals surface area (Å²) in [5, 5.41) is 18.0. The number of benzene rings is 10. The summed E-state index contributed by atoms with van der Waals surface area (Å²) in [6.45, 7) is 6.96.